The molecule has 4 aliphatic rings. The zero-order valence-electron chi connectivity index (χ0n) is 15.8. The monoisotopic (exact) mass is 427 g/mol. The minimum absolute atomic E-state index is 0.0510. The van der Waals surface area contributed by atoms with Gasteiger partial charge < -0.3 is 25.3 Å². The molecule has 0 aromatic heterocycles. The van der Waals surface area contributed by atoms with Crippen molar-refractivity contribution < 1.29 is 24.6 Å². The Balaban J connectivity index is 1.47. The van der Waals surface area contributed by atoms with Crippen LogP contribution >= 0.6 is 23.5 Å². The lowest BCUT2D eigenvalue weighted by Gasteiger charge is -2.46. The van der Waals surface area contributed by atoms with Gasteiger partial charge in [-0.25, -0.2) is 4.79 Å². The molecule has 3 N–H and O–H groups in total. The number of rotatable bonds is 5. The van der Waals surface area contributed by atoms with Gasteiger partial charge in [0.15, 0.2) is 0 Å². The Bertz CT molecular complexity index is 737. The Morgan fingerprint density at radius 2 is 2.14 bits per heavy atom. The first-order chi connectivity index (χ1) is 13.3. The summed E-state index contributed by atoms with van der Waals surface area (Å²) in [6.07, 6.45) is -0.157. The number of amides is 2. The molecule has 0 aliphatic carbocycles. The van der Waals surface area contributed by atoms with Crippen LogP contribution in [0.3, 0.4) is 0 Å². The maximum Gasteiger partial charge on any atom is 0.353 e. The number of carboxylic acids is 1. The molecule has 0 spiro atoms. The number of aliphatic hydroxyl groups excluding tert-OH is 1. The third-order valence-electron chi connectivity index (χ3n) is 6.06. The van der Waals surface area contributed by atoms with Crippen molar-refractivity contribution in [2.24, 2.45) is 11.8 Å². The Labute approximate surface area is 172 Å². The molecule has 6 atom stereocenters. The normalized spacial score (nSPS) is 36.0. The molecule has 0 unspecified atom stereocenters. The van der Waals surface area contributed by atoms with E-state index in [1.165, 1.54) is 16.7 Å². The lowest BCUT2D eigenvalue weighted by atomic mass is 9.79. The molecule has 0 saturated carbocycles. The van der Waals surface area contributed by atoms with E-state index < -0.39 is 18.0 Å². The fraction of sp³-hybridized carbons (Fsp3) is 0.722. The maximum absolute atomic E-state index is 12.6. The SMILES string of the molecule is C[C@@H]1C(S[C@@H]2CN[C@H](C(=O)N3CCSC3)C2)=C(C(=O)O)N2C(=O)[C@H]([C@@H](C)O)[C@@H]12. The van der Waals surface area contributed by atoms with Gasteiger partial charge in [-0.1, -0.05) is 6.92 Å². The van der Waals surface area contributed by atoms with Gasteiger partial charge in [0.25, 0.3) is 0 Å². The van der Waals surface area contributed by atoms with Gasteiger partial charge in [-0.05, 0) is 13.3 Å². The second-order valence-electron chi connectivity index (χ2n) is 7.85. The zero-order valence-corrected chi connectivity index (χ0v) is 17.5. The number of hydrogen-bond donors (Lipinski definition) is 3. The van der Waals surface area contributed by atoms with E-state index in [4.69, 9.17) is 0 Å². The van der Waals surface area contributed by atoms with Crippen LogP contribution in [0.25, 0.3) is 0 Å². The van der Waals surface area contributed by atoms with Crippen molar-refractivity contribution in [3.8, 4) is 0 Å². The van der Waals surface area contributed by atoms with Crippen molar-refractivity contribution in [3.63, 3.8) is 0 Å². The van der Waals surface area contributed by atoms with Gasteiger partial charge in [-0.15, -0.1) is 23.5 Å². The molecule has 10 heteroatoms. The minimum Gasteiger partial charge on any atom is -0.477 e. The first-order valence-corrected chi connectivity index (χ1v) is 11.6. The average Bonchev–Trinajstić information content (AvgIpc) is 3.35. The lowest BCUT2D eigenvalue weighted by Crippen LogP contribution is -2.63. The van der Waals surface area contributed by atoms with Gasteiger partial charge >= 0.3 is 5.97 Å². The molecule has 4 rings (SSSR count). The van der Waals surface area contributed by atoms with Crippen LogP contribution in [-0.2, 0) is 14.4 Å². The molecular weight excluding hydrogens is 402 g/mol. The number of nitrogens with zero attached hydrogens (tertiary/aromatic N) is 2. The van der Waals surface area contributed by atoms with Crippen molar-refractivity contribution in [2.75, 3.05) is 24.7 Å². The van der Waals surface area contributed by atoms with Crippen molar-refractivity contribution in [2.45, 2.75) is 43.7 Å². The van der Waals surface area contributed by atoms with E-state index in [0.717, 1.165) is 18.2 Å². The molecule has 28 heavy (non-hydrogen) atoms. The minimum atomic E-state index is -1.11. The first-order valence-electron chi connectivity index (χ1n) is 9.56. The van der Waals surface area contributed by atoms with E-state index in [2.05, 4.69) is 5.32 Å². The number of aliphatic carboxylic acids is 1. The highest BCUT2D eigenvalue weighted by Crippen LogP contribution is 2.51. The predicted molar refractivity (Wildman–Crippen MR) is 106 cm³/mol. The van der Waals surface area contributed by atoms with Crippen LogP contribution in [0.4, 0.5) is 0 Å². The summed E-state index contributed by atoms with van der Waals surface area (Å²) in [7, 11) is 0. The largest absolute Gasteiger partial charge is 0.477 e. The number of fused-ring (bicyclic) bond motifs is 1. The van der Waals surface area contributed by atoms with Crippen LogP contribution in [-0.4, -0.2) is 86.0 Å². The fourth-order valence-corrected chi connectivity index (χ4v) is 7.08. The predicted octanol–water partition coefficient (Wildman–Crippen LogP) is 0.137. The first kappa shape index (κ1) is 20.1. The summed E-state index contributed by atoms with van der Waals surface area (Å²) in [6.45, 7) is 4.91. The number of thioether (sulfide) groups is 2. The van der Waals surface area contributed by atoms with E-state index in [1.807, 2.05) is 11.8 Å². The molecule has 2 amide bonds. The second kappa shape index (κ2) is 7.55. The highest BCUT2D eigenvalue weighted by molar-refractivity contribution is 8.03. The van der Waals surface area contributed by atoms with Gasteiger partial charge in [-0.3, -0.25) is 9.59 Å². The van der Waals surface area contributed by atoms with Crippen LogP contribution in [0.5, 0.6) is 0 Å². The third-order valence-corrected chi connectivity index (χ3v) is 8.53. The molecule has 0 aromatic rings. The van der Waals surface area contributed by atoms with Gasteiger partial charge in [0, 0.05) is 34.9 Å². The van der Waals surface area contributed by atoms with Crippen LogP contribution < -0.4 is 5.32 Å². The summed E-state index contributed by atoms with van der Waals surface area (Å²) in [6, 6.07) is -0.528. The number of carbonyl (C=O) groups is 3. The van der Waals surface area contributed by atoms with Gasteiger partial charge in [0.2, 0.25) is 11.8 Å². The van der Waals surface area contributed by atoms with E-state index >= 15 is 0 Å². The Morgan fingerprint density at radius 1 is 1.39 bits per heavy atom. The third kappa shape index (κ3) is 3.14. The smallest absolute Gasteiger partial charge is 0.353 e. The molecule has 0 aromatic carbocycles. The highest BCUT2D eigenvalue weighted by atomic mass is 32.2. The number of aliphatic hydroxyl groups is 1. The number of carbonyl (C=O) groups excluding carboxylic acids is 2. The molecule has 4 aliphatic heterocycles. The van der Waals surface area contributed by atoms with Gasteiger partial charge in [0.05, 0.1) is 30.0 Å². The second-order valence-corrected chi connectivity index (χ2v) is 10.3. The van der Waals surface area contributed by atoms with E-state index in [0.29, 0.717) is 17.9 Å². The number of β-lactam (4-membered cyclic amide) rings is 1. The van der Waals surface area contributed by atoms with E-state index in [1.54, 1.807) is 18.7 Å². The molecular formula is C18H25N3O5S2. The van der Waals surface area contributed by atoms with Crippen LogP contribution in [0.15, 0.2) is 10.6 Å². The quantitative estimate of drug-likeness (QED) is 0.532. The Hall–Kier alpha value is -1.23. The topological polar surface area (TPSA) is 110 Å². The Morgan fingerprint density at radius 3 is 2.75 bits per heavy atom. The summed E-state index contributed by atoms with van der Waals surface area (Å²) in [5.41, 5.74) is 0.0510. The molecule has 3 fully saturated rings. The highest BCUT2D eigenvalue weighted by Gasteiger charge is 2.60. The van der Waals surface area contributed by atoms with Crippen LogP contribution in [0.2, 0.25) is 0 Å². The number of carboxylic acid groups (broad SMARTS) is 1. The van der Waals surface area contributed by atoms with E-state index in [-0.39, 0.29) is 40.8 Å². The summed E-state index contributed by atoms with van der Waals surface area (Å²) in [4.78, 5) is 40.8. The van der Waals surface area contributed by atoms with E-state index in [9.17, 15) is 24.6 Å². The summed E-state index contributed by atoms with van der Waals surface area (Å²) >= 11 is 3.22. The van der Waals surface area contributed by atoms with Crippen molar-refractivity contribution in [1.82, 2.24) is 15.1 Å². The molecule has 4 heterocycles. The Kier molecular flexibility index (Phi) is 5.41. The van der Waals surface area contributed by atoms with Gasteiger partial charge in [-0.2, -0.15) is 0 Å². The average molecular weight is 428 g/mol. The molecule has 8 nitrogen and oxygen atoms in total. The fourth-order valence-electron chi connectivity index (χ4n) is 4.65. The van der Waals surface area contributed by atoms with Crippen molar-refractivity contribution in [3.05, 3.63) is 10.6 Å². The summed E-state index contributed by atoms with van der Waals surface area (Å²) in [5, 5.41) is 23.0. The maximum atomic E-state index is 12.6. The van der Waals surface area contributed by atoms with Crippen LogP contribution in [0, 0.1) is 11.8 Å². The van der Waals surface area contributed by atoms with Crippen molar-refractivity contribution in [1.29, 1.82) is 0 Å². The molecule has 0 radical (unpaired) electrons. The lowest BCUT2D eigenvalue weighted by molar-refractivity contribution is -0.163. The molecule has 0 bridgehead atoms. The number of hydrogen-bond acceptors (Lipinski definition) is 7. The number of nitrogens with one attached hydrogen (secondary N) is 1. The zero-order chi connectivity index (χ0) is 20.2. The molecule has 154 valence electrons. The van der Waals surface area contributed by atoms with Gasteiger partial charge in [0.1, 0.15) is 5.70 Å². The summed E-state index contributed by atoms with van der Waals surface area (Å²) < 4.78 is 0. The standard InChI is InChI=1S/C18H25N3O5S2/c1-8-13-12(9(2)22)17(24)21(13)14(18(25)26)15(8)28-10-5-11(19-6-10)16(23)20-3-4-27-7-20/h8-13,19,22H,3-7H2,1-2H3,(H,25,26)/t8-,9+,10-,11-,12+,13+/m0/s1. The molecule has 3 saturated heterocycles. The van der Waals surface area contributed by atoms with Crippen molar-refractivity contribution >= 4 is 41.3 Å². The summed E-state index contributed by atoms with van der Waals surface area (Å²) in [5.74, 6) is -0.290. The van der Waals surface area contributed by atoms with Crippen LogP contribution in [0.1, 0.15) is 20.3 Å².